The number of urea groups is 1. The standard InChI is InChI=1S/C15H20N6OS/c1-11-8-18-13(23-11)9-19-15(22)20-12-4-2-7-21(10-12)14-16-5-3-6-17-14/h3,5-6,8,12H,2,4,7,9-10H2,1H3,(H2,19,20,22). The fourth-order valence-corrected chi connectivity index (χ4v) is 3.33. The topological polar surface area (TPSA) is 83.0 Å². The Hall–Kier alpha value is -2.22. The van der Waals surface area contributed by atoms with E-state index < -0.39 is 0 Å². The van der Waals surface area contributed by atoms with Crippen LogP contribution in [0.1, 0.15) is 22.7 Å². The van der Waals surface area contributed by atoms with Crippen molar-refractivity contribution in [2.24, 2.45) is 0 Å². The van der Waals surface area contributed by atoms with Gasteiger partial charge in [0, 0.05) is 42.6 Å². The molecule has 2 aromatic heterocycles. The summed E-state index contributed by atoms with van der Waals surface area (Å²) < 4.78 is 0. The molecule has 0 radical (unpaired) electrons. The molecule has 0 bridgehead atoms. The number of aryl methyl sites for hydroxylation is 1. The number of piperidine rings is 1. The summed E-state index contributed by atoms with van der Waals surface area (Å²) in [5, 5.41) is 6.80. The highest BCUT2D eigenvalue weighted by molar-refractivity contribution is 7.11. The van der Waals surface area contributed by atoms with Gasteiger partial charge < -0.3 is 15.5 Å². The van der Waals surface area contributed by atoms with Crippen molar-refractivity contribution in [2.45, 2.75) is 32.4 Å². The number of hydrogen-bond donors (Lipinski definition) is 2. The molecule has 0 spiro atoms. The van der Waals surface area contributed by atoms with Gasteiger partial charge >= 0.3 is 6.03 Å². The molecule has 1 aliphatic rings. The number of carbonyl (C=O) groups excluding carboxylic acids is 1. The van der Waals surface area contributed by atoms with Crippen LogP contribution in [0.2, 0.25) is 0 Å². The number of hydrogen-bond acceptors (Lipinski definition) is 6. The van der Waals surface area contributed by atoms with Gasteiger partial charge in [-0.25, -0.2) is 19.7 Å². The van der Waals surface area contributed by atoms with Crippen molar-refractivity contribution in [3.05, 3.63) is 34.5 Å². The highest BCUT2D eigenvalue weighted by Gasteiger charge is 2.22. The van der Waals surface area contributed by atoms with E-state index in [-0.39, 0.29) is 12.1 Å². The average Bonchev–Trinajstić information content (AvgIpc) is 3.00. The van der Waals surface area contributed by atoms with Crippen LogP contribution in [0.3, 0.4) is 0 Å². The van der Waals surface area contributed by atoms with Crippen molar-refractivity contribution in [2.75, 3.05) is 18.0 Å². The summed E-state index contributed by atoms with van der Waals surface area (Å²) >= 11 is 1.60. The number of nitrogens with one attached hydrogen (secondary N) is 2. The van der Waals surface area contributed by atoms with E-state index in [4.69, 9.17) is 0 Å². The molecule has 8 heteroatoms. The van der Waals surface area contributed by atoms with Gasteiger partial charge in [0.25, 0.3) is 0 Å². The first-order valence-electron chi connectivity index (χ1n) is 7.68. The van der Waals surface area contributed by atoms with E-state index in [0.29, 0.717) is 6.54 Å². The van der Waals surface area contributed by atoms with E-state index in [1.165, 1.54) is 0 Å². The van der Waals surface area contributed by atoms with Crippen LogP contribution in [0.25, 0.3) is 0 Å². The van der Waals surface area contributed by atoms with Crippen LogP contribution in [-0.2, 0) is 6.54 Å². The van der Waals surface area contributed by atoms with Gasteiger partial charge in [-0.2, -0.15) is 0 Å². The van der Waals surface area contributed by atoms with Crippen LogP contribution in [0.5, 0.6) is 0 Å². The maximum absolute atomic E-state index is 12.0. The van der Waals surface area contributed by atoms with E-state index in [1.807, 2.05) is 13.1 Å². The molecule has 23 heavy (non-hydrogen) atoms. The van der Waals surface area contributed by atoms with Gasteiger partial charge in [-0.1, -0.05) is 0 Å². The molecule has 3 heterocycles. The van der Waals surface area contributed by atoms with Crippen LogP contribution < -0.4 is 15.5 Å². The molecule has 2 N–H and O–H groups in total. The van der Waals surface area contributed by atoms with Gasteiger partial charge in [-0.3, -0.25) is 0 Å². The second-order valence-electron chi connectivity index (χ2n) is 5.53. The Morgan fingerprint density at radius 1 is 1.39 bits per heavy atom. The molecule has 0 saturated carbocycles. The molecular weight excluding hydrogens is 312 g/mol. The lowest BCUT2D eigenvalue weighted by atomic mass is 10.1. The predicted octanol–water partition coefficient (Wildman–Crippen LogP) is 1.71. The number of anilines is 1. The third-order valence-corrected chi connectivity index (χ3v) is 4.57. The normalized spacial score (nSPS) is 17.8. The molecule has 122 valence electrons. The number of rotatable bonds is 4. The van der Waals surface area contributed by atoms with E-state index in [1.54, 1.807) is 29.8 Å². The first kappa shape index (κ1) is 15.7. The van der Waals surface area contributed by atoms with Crippen LogP contribution in [0, 0.1) is 6.92 Å². The van der Waals surface area contributed by atoms with Crippen molar-refractivity contribution in [3.63, 3.8) is 0 Å². The van der Waals surface area contributed by atoms with Crippen molar-refractivity contribution < 1.29 is 4.79 Å². The van der Waals surface area contributed by atoms with Gasteiger partial charge in [0.15, 0.2) is 0 Å². The fraction of sp³-hybridized carbons (Fsp3) is 0.467. The van der Waals surface area contributed by atoms with Crippen LogP contribution in [0.4, 0.5) is 10.7 Å². The average molecular weight is 332 g/mol. The van der Waals surface area contributed by atoms with Gasteiger partial charge in [-0.15, -0.1) is 11.3 Å². The fourth-order valence-electron chi connectivity index (χ4n) is 2.61. The molecule has 1 unspecified atom stereocenters. The maximum Gasteiger partial charge on any atom is 0.315 e. The van der Waals surface area contributed by atoms with Crippen molar-refractivity contribution in [1.29, 1.82) is 0 Å². The number of aromatic nitrogens is 3. The minimum Gasteiger partial charge on any atom is -0.339 e. The lowest BCUT2D eigenvalue weighted by molar-refractivity contribution is 0.234. The van der Waals surface area contributed by atoms with Gasteiger partial charge in [-0.05, 0) is 25.8 Å². The summed E-state index contributed by atoms with van der Waals surface area (Å²) in [6.07, 6.45) is 7.27. The van der Waals surface area contributed by atoms with E-state index in [9.17, 15) is 4.79 Å². The Bertz CT molecular complexity index is 646. The van der Waals surface area contributed by atoms with Crippen LogP contribution in [-0.4, -0.2) is 40.1 Å². The van der Waals surface area contributed by atoms with Crippen LogP contribution in [0.15, 0.2) is 24.7 Å². The highest BCUT2D eigenvalue weighted by atomic mass is 32.1. The Morgan fingerprint density at radius 2 is 2.22 bits per heavy atom. The summed E-state index contributed by atoms with van der Waals surface area (Å²) in [7, 11) is 0. The molecular formula is C15H20N6OS. The zero-order chi connectivity index (χ0) is 16.1. The highest BCUT2D eigenvalue weighted by Crippen LogP contribution is 2.15. The molecule has 3 rings (SSSR count). The Balaban J connectivity index is 1.48. The second kappa shape index (κ2) is 7.36. The summed E-state index contributed by atoms with van der Waals surface area (Å²) in [6.45, 7) is 4.11. The van der Waals surface area contributed by atoms with Gasteiger partial charge in [0.05, 0.1) is 6.54 Å². The third kappa shape index (κ3) is 4.38. The first-order chi connectivity index (χ1) is 11.2. The molecule has 7 nitrogen and oxygen atoms in total. The molecule has 1 saturated heterocycles. The smallest absolute Gasteiger partial charge is 0.315 e. The molecule has 2 aromatic rings. The summed E-state index contributed by atoms with van der Waals surface area (Å²) in [5.74, 6) is 0.720. The largest absolute Gasteiger partial charge is 0.339 e. The Labute approximate surface area is 139 Å². The zero-order valence-electron chi connectivity index (χ0n) is 13.0. The number of carbonyl (C=O) groups is 1. The molecule has 0 aliphatic carbocycles. The van der Waals surface area contributed by atoms with Crippen molar-refractivity contribution in [3.8, 4) is 0 Å². The number of amides is 2. The maximum atomic E-state index is 12.0. The van der Waals surface area contributed by atoms with Crippen molar-refractivity contribution in [1.82, 2.24) is 25.6 Å². The Morgan fingerprint density at radius 3 is 2.96 bits per heavy atom. The van der Waals surface area contributed by atoms with Crippen LogP contribution >= 0.6 is 11.3 Å². The molecule has 1 atom stereocenters. The van der Waals surface area contributed by atoms with E-state index >= 15 is 0 Å². The summed E-state index contributed by atoms with van der Waals surface area (Å²) in [5.41, 5.74) is 0. The van der Waals surface area contributed by atoms with Gasteiger partial charge in [0.2, 0.25) is 5.95 Å². The van der Waals surface area contributed by atoms with Crippen molar-refractivity contribution >= 4 is 23.3 Å². The quantitative estimate of drug-likeness (QED) is 0.890. The van der Waals surface area contributed by atoms with E-state index in [2.05, 4.69) is 30.5 Å². The Kier molecular flexibility index (Phi) is 5.02. The first-order valence-corrected chi connectivity index (χ1v) is 8.50. The van der Waals surface area contributed by atoms with Gasteiger partial charge in [0.1, 0.15) is 5.01 Å². The number of nitrogens with zero attached hydrogens (tertiary/aromatic N) is 4. The monoisotopic (exact) mass is 332 g/mol. The summed E-state index contributed by atoms with van der Waals surface area (Å²) in [4.78, 5) is 28.1. The molecule has 2 amide bonds. The SMILES string of the molecule is Cc1cnc(CNC(=O)NC2CCCN(c3ncccn3)C2)s1. The molecule has 1 aliphatic heterocycles. The third-order valence-electron chi connectivity index (χ3n) is 3.66. The second-order valence-corrected chi connectivity index (χ2v) is 6.84. The summed E-state index contributed by atoms with van der Waals surface area (Å²) in [6, 6.07) is 1.75. The lowest BCUT2D eigenvalue weighted by Crippen LogP contribution is -2.50. The minimum atomic E-state index is -0.154. The number of thiazole rings is 1. The minimum absolute atomic E-state index is 0.102. The predicted molar refractivity (Wildman–Crippen MR) is 89.5 cm³/mol. The lowest BCUT2D eigenvalue weighted by Gasteiger charge is -2.33. The zero-order valence-corrected chi connectivity index (χ0v) is 13.8. The van der Waals surface area contributed by atoms with E-state index in [0.717, 1.165) is 41.8 Å². The molecule has 1 fully saturated rings. The molecule has 0 aromatic carbocycles.